The zero-order valence-electron chi connectivity index (χ0n) is 24.6. The van der Waals surface area contributed by atoms with Crippen LogP contribution in [0.15, 0.2) is 42.5 Å². The molecule has 0 N–H and O–H groups in total. The highest BCUT2D eigenvalue weighted by atomic mass is 19.1. The number of halogens is 1. The molecule has 3 aliphatic heterocycles. The van der Waals surface area contributed by atoms with Crippen LogP contribution >= 0.6 is 0 Å². The summed E-state index contributed by atoms with van der Waals surface area (Å²) in [6.07, 6.45) is 5.37. The quantitative estimate of drug-likeness (QED) is 0.236. The van der Waals surface area contributed by atoms with E-state index in [2.05, 4.69) is 55.8 Å². The van der Waals surface area contributed by atoms with Crippen molar-refractivity contribution in [2.75, 3.05) is 49.6 Å². The van der Waals surface area contributed by atoms with E-state index in [0.717, 1.165) is 58.3 Å². The van der Waals surface area contributed by atoms with E-state index < -0.39 is 5.41 Å². The van der Waals surface area contributed by atoms with Gasteiger partial charge in [0.15, 0.2) is 5.78 Å². The number of anilines is 2. The minimum atomic E-state index is -0.506. The van der Waals surface area contributed by atoms with Gasteiger partial charge in [-0.25, -0.2) is 9.18 Å². The number of rotatable bonds is 11. The number of para-hydroxylation sites is 1. The number of benzene rings is 2. The molecule has 7 heteroatoms. The Labute approximate surface area is 238 Å². The van der Waals surface area contributed by atoms with Gasteiger partial charge in [0.05, 0.1) is 22.7 Å². The summed E-state index contributed by atoms with van der Waals surface area (Å²) in [5.41, 5.74) is 4.02. The first-order valence-corrected chi connectivity index (χ1v) is 15.2. The summed E-state index contributed by atoms with van der Waals surface area (Å²) < 4.78 is 13.6. The Kier molecular flexibility index (Phi) is 8.23. The normalized spacial score (nSPS) is 23.5. The third-order valence-corrected chi connectivity index (χ3v) is 9.56. The SMILES string of the molecule is CCCC(C)(CCC)C(=O)O[N+]1(CCCC(=O)c2ccc(F)cc2)CC[C@H]2[C@@H](C1)c1cccc3c1N2CCN3C. The fourth-order valence-corrected chi connectivity index (χ4v) is 7.47. The van der Waals surface area contributed by atoms with E-state index in [1.54, 1.807) is 12.1 Å². The van der Waals surface area contributed by atoms with Gasteiger partial charge in [-0.05, 0) is 55.7 Å². The van der Waals surface area contributed by atoms with E-state index >= 15 is 0 Å². The van der Waals surface area contributed by atoms with Crippen LogP contribution in [0.1, 0.15) is 87.6 Å². The molecule has 3 aliphatic rings. The van der Waals surface area contributed by atoms with Crippen molar-refractivity contribution in [3.63, 3.8) is 0 Å². The highest BCUT2D eigenvalue weighted by molar-refractivity contribution is 5.96. The summed E-state index contributed by atoms with van der Waals surface area (Å²) in [5, 5.41) is 0. The van der Waals surface area contributed by atoms with Crippen molar-refractivity contribution >= 4 is 23.1 Å². The Morgan fingerprint density at radius 1 is 1.07 bits per heavy atom. The molecular formula is C33H45FN3O3+. The molecule has 0 aliphatic carbocycles. The van der Waals surface area contributed by atoms with Crippen molar-refractivity contribution in [2.45, 2.75) is 77.7 Å². The lowest BCUT2D eigenvalue weighted by atomic mass is 9.81. The molecule has 1 unspecified atom stereocenters. The number of fused-ring (bicyclic) bond motifs is 3. The highest BCUT2D eigenvalue weighted by Gasteiger charge is 2.53. The van der Waals surface area contributed by atoms with Gasteiger partial charge in [-0.15, -0.1) is 4.65 Å². The molecule has 0 radical (unpaired) electrons. The van der Waals surface area contributed by atoms with Gasteiger partial charge in [0.25, 0.3) is 0 Å². The van der Waals surface area contributed by atoms with E-state index in [4.69, 9.17) is 4.84 Å². The third kappa shape index (κ3) is 5.37. The lowest BCUT2D eigenvalue weighted by molar-refractivity contribution is -1.09. The van der Waals surface area contributed by atoms with Crippen molar-refractivity contribution in [1.82, 2.24) is 0 Å². The predicted octanol–water partition coefficient (Wildman–Crippen LogP) is 6.50. The molecular weight excluding hydrogens is 505 g/mol. The minimum absolute atomic E-state index is 0.00266. The Bertz CT molecular complexity index is 1230. The molecule has 3 atom stereocenters. The second kappa shape index (κ2) is 11.5. The molecule has 0 aromatic heterocycles. The molecule has 0 amide bonds. The fourth-order valence-electron chi connectivity index (χ4n) is 7.47. The maximum Gasteiger partial charge on any atom is 0.372 e. The fraction of sp³-hybridized carbons (Fsp3) is 0.576. The number of carbonyl (C=O) groups excluding carboxylic acids is 2. The molecule has 1 fully saturated rings. The van der Waals surface area contributed by atoms with Crippen molar-refractivity contribution in [3.8, 4) is 0 Å². The van der Waals surface area contributed by atoms with E-state index in [1.165, 1.54) is 29.1 Å². The van der Waals surface area contributed by atoms with Gasteiger partial charge < -0.3 is 9.80 Å². The number of likely N-dealkylation sites (tertiary alicyclic amines) is 1. The number of ketones is 1. The molecule has 40 heavy (non-hydrogen) atoms. The van der Waals surface area contributed by atoms with Crippen molar-refractivity contribution in [1.29, 1.82) is 0 Å². The Morgan fingerprint density at radius 3 is 2.50 bits per heavy atom. The summed E-state index contributed by atoms with van der Waals surface area (Å²) in [6.45, 7) is 10.4. The maximum absolute atomic E-state index is 13.9. The summed E-state index contributed by atoms with van der Waals surface area (Å²) in [4.78, 5) is 38.3. The molecule has 6 nitrogen and oxygen atoms in total. The Balaban J connectivity index is 1.40. The van der Waals surface area contributed by atoms with Gasteiger partial charge in [-0.1, -0.05) is 38.8 Å². The monoisotopic (exact) mass is 550 g/mol. The Morgan fingerprint density at radius 2 is 1.80 bits per heavy atom. The molecule has 0 saturated carbocycles. The van der Waals surface area contributed by atoms with E-state index in [9.17, 15) is 14.0 Å². The van der Waals surface area contributed by atoms with Gasteiger partial charge >= 0.3 is 5.97 Å². The topological polar surface area (TPSA) is 49.9 Å². The minimum Gasteiger partial charge on any atom is -0.371 e. The van der Waals surface area contributed by atoms with Crippen LogP contribution in [0.25, 0.3) is 0 Å². The lowest BCUT2D eigenvalue weighted by Crippen LogP contribution is -2.60. The van der Waals surface area contributed by atoms with Crippen LogP contribution in [-0.4, -0.2) is 62.2 Å². The standard InChI is InChI=1S/C33H45FN3O3/c1-5-17-33(3,18-6-2)32(39)40-37(21-8-11-30(38)24-12-14-25(34)15-13-24)22-16-28-27(23-37)26-9-7-10-29-31(26)36(28)20-19-35(29)4/h7,9-10,12-15,27-28H,5-6,8,11,16-23H2,1-4H3/q+1/t27-,28-,37?/m0/s1. The van der Waals surface area contributed by atoms with Crippen LogP contribution in [-0.2, 0) is 9.63 Å². The number of piperidine rings is 1. The van der Waals surface area contributed by atoms with Crippen LogP contribution < -0.4 is 9.80 Å². The predicted molar refractivity (Wildman–Crippen MR) is 157 cm³/mol. The van der Waals surface area contributed by atoms with E-state index in [1.807, 2.05) is 0 Å². The highest BCUT2D eigenvalue weighted by Crippen LogP contribution is 2.51. The number of likely N-dealkylation sites (N-methyl/N-ethyl adjacent to an activating group) is 1. The summed E-state index contributed by atoms with van der Waals surface area (Å²) in [5.74, 6) is -0.175. The van der Waals surface area contributed by atoms with Gasteiger partial charge in [0.1, 0.15) is 25.5 Å². The van der Waals surface area contributed by atoms with Gasteiger partial charge in [0.2, 0.25) is 0 Å². The van der Waals surface area contributed by atoms with Crippen LogP contribution in [0.5, 0.6) is 0 Å². The Hall–Kier alpha value is -2.93. The number of carbonyl (C=O) groups is 2. The van der Waals surface area contributed by atoms with Gasteiger partial charge in [-0.2, -0.15) is 0 Å². The molecule has 2 aromatic rings. The largest absolute Gasteiger partial charge is 0.372 e. The second-order valence-corrected chi connectivity index (χ2v) is 12.5. The summed E-state index contributed by atoms with van der Waals surface area (Å²) >= 11 is 0. The van der Waals surface area contributed by atoms with Crippen molar-refractivity contribution in [3.05, 3.63) is 59.4 Å². The zero-order chi connectivity index (χ0) is 28.5. The van der Waals surface area contributed by atoms with E-state index in [0.29, 0.717) is 31.0 Å². The number of hydrogen-bond acceptors (Lipinski definition) is 5. The average Bonchev–Trinajstić information content (AvgIpc) is 3.25. The first-order chi connectivity index (χ1) is 19.2. The third-order valence-electron chi connectivity index (χ3n) is 9.56. The number of hydroxylamine groups is 3. The van der Waals surface area contributed by atoms with Gasteiger partial charge in [0, 0.05) is 51.0 Å². The van der Waals surface area contributed by atoms with Crippen molar-refractivity contribution < 1.29 is 23.5 Å². The maximum atomic E-state index is 13.9. The smallest absolute Gasteiger partial charge is 0.371 e. The molecule has 0 spiro atoms. The molecule has 0 bridgehead atoms. The van der Waals surface area contributed by atoms with Crippen molar-refractivity contribution in [2.24, 2.45) is 5.41 Å². The lowest BCUT2D eigenvalue weighted by Gasteiger charge is -2.45. The second-order valence-electron chi connectivity index (χ2n) is 12.5. The summed E-state index contributed by atoms with van der Waals surface area (Å²) in [7, 11) is 2.16. The number of quaternary nitrogens is 1. The molecule has 3 heterocycles. The van der Waals surface area contributed by atoms with Crippen LogP contribution in [0, 0.1) is 11.2 Å². The molecule has 5 rings (SSSR count). The van der Waals surface area contributed by atoms with Crippen LogP contribution in [0.4, 0.5) is 15.8 Å². The molecule has 1 saturated heterocycles. The number of Topliss-reactive ketones (excluding diaryl/α,β-unsaturated/α-hetero) is 1. The number of hydrogen-bond donors (Lipinski definition) is 0. The molecule has 216 valence electrons. The molecule has 2 aromatic carbocycles. The number of nitrogens with zero attached hydrogens (tertiary/aromatic N) is 3. The first-order valence-electron chi connectivity index (χ1n) is 15.2. The first kappa shape index (κ1) is 28.6. The summed E-state index contributed by atoms with van der Waals surface area (Å²) in [6, 6.07) is 12.8. The van der Waals surface area contributed by atoms with Crippen LogP contribution in [0.3, 0.4) is 0 Å². The zero-order valence-corrected chi connectivity index (χ0v) is 24.6. The van der Waals surface area contributed by atoms with Crippen LogP contribution in [0.2, 0.25) is 0 Å². The van der Waals surface area contributed by atoms with E-state index in [-0.39, 0.29) is 28.1 Å². The average molecular weight is 551 g/mol. The van der Waals surface area contributed by atoms with Gasteiger partial charge in [-0.3, -0.25) is 9.63 Å².